The van der Waals surface area contributed by atoms with Gasteiger partial charge in [-0.2, -0.15) is 0 Å². The van der Waals surface area contributed by atoms with E-state index in [0.717, 1.165) is 12.0 Å². The summed E-state index contributed by atoms with van der Waals surface area (Å²) in [5.74, 6) is 0.0214. The van der Waals surface area contributed by atoms with Crippen molar-refractivity contribution in [3.05, 3.63) is 35.9 Å². The SMILES string of the molecule is C[C@H](NC(=O)CC(N)CC(C)(C)C)c1ccccc1. The monoisotopic (exact) mass is 262 g/mol. The number of carbonyl (C=O) groups is 1. The molecule has 0 heterocycles. The minimum atomic E-state index is -0.0806. The minimum absolute atomic E-state index is 0.0214. The summed E-state index contributed by atoms with van der Waals surface area (Å²) in [6, 6.07) is 9.89. The molecule has 1 aromatic rings. The van der Waals surface area contributed by atoms with Crippen LogP contribution in [0.25, 0.3) is 0 Å². The smallest absolute Gasteiger partial charge is 0.222 e. The van der Waals surface area contributed by atoms with Gasteiger partial charge in [0, 0.05) is 12.5 Å². The van der Waals surface area contributed by atoms with Crippen molar-refractivity contribution in [3.63, 3.8) is 0 Å². The van der Waals surface area contributed by atoms with Crippen molar-refractivity contribution >= 4 is 5.91 Å². The van der Waals surface area contributed by atoms with E-state index in [2.05, 4.69) is 26.1 Å². The van der Waals surface area contributed by atoms with Crippen LogP contribution >= 0.6 is 0 Å². The molecule has 3 nitrogen and oxygen atoms in total. The lowest BCUT2D eigenvalue weighted by Crippen LogP contribution is -2.35. The molecule has 0 aromatic heterocycles. The number of hydrogen-bond acceptors (Lipinski definition) is 2. The Morgan fingerprint density at radius 3 is 2.37 bits per heavy atom. The first-order valence-corrected chi connectivity index (χ1v) is 6.88. The van der Waals surface area contributed by atoms with E-state index < -0.39 is 0 Å². The van der Waals surface area contributed by atoms with Gasteiger partial charge in [0.2, 0.25) is 5.91 Å². The second kappa shape index (κ2) is 6.71. The maximum absolute atomic E-state index is 11.9. The highest BCUT2D eigenvalue weighted by Crippen LogP contribution is 2.21. The molecule has 0 aliphatic heterocycles. The second-order valence-corrected chi connectivity index (χ2v) is 6.43. The quantitative estimate of drug-likeness (QED) is 0.857. The van der Waals surface area contributed by atoms with Gasteiger partial charge in [-0.25, -0.2) is 0 Å². The van der Waals surface area contributed by atoms with Crippen LogP contribution in [-0.4, -0.2) is 11.9 Å². The summed E-state index contributed by atoms with van der Waals surface area (Å²) in [5, 5.41) is 2.99. The molecule has 1 aromatic carbocycles. The fourth-order valence-electron chi connectivity index (χ4n) is 2.22. The predicted octanol–water partition coefficient (Wildman–Crippen LogP) is 3.02. The van der Waals surface area contributed by atoms with Gasteiger partial charge >= 0.3 is 0 Å². The van der Waals surface area contributed by atoms with Gasteiger partial charge < -0.3 is 11.1 Å². The third-order valence-electron chi connectivity index (χ3n) is 3.00. The Morgan fingerprint density at radius 2 is 1.84 bits per heavy atom. The molecule has 0 radical (unpaired) electrons. The molecule has 1 unspecified atom stereocenters. The van der Waals surface area contributed by atoms with Crippen molar-refractivity contribution in [1.82, 2.24) is 5.32 Å². The molecule has 3 N–H and O–H groups in total. The van der Waals surface area contributed by atoms with E-state index in [-0.39, 0.29) is 23.4 Å². The Bertz CT molecular complexity index is 395. The molecule has 2 atom stereocenters. The third-order valence-corrected chi connectivity index (χ3v) is 3.00. The van der Waals surface area contributed by atoms with Crippen LogP contribution in [0, 0.1) is 5.41 Å². The van der Waals surface area contributed by atoms with E-state index in [1.807, 2.05) is 37.3 Å². The Labute approximate surface area is 116 Å². The summed E-state index contributed by atoms with van der Waals surface area (Å²) in [7, 11) is 0. The first-order valence-electron chi connectivity index (χ1n) is 6.88. The van der Waals surface area contributed by atoms with Crippen LogP contribution in [0.1, 0.15) is 52.1 Å². The Balaban J connectivity index is 2.43. The van der Waals surface area contributed by atoms with Crippen molar-refractivity contribution in [3.8, 4) is 0 Å². The first kappa shape index (κ1) is 15.7. The number of hydrogen-bond donors (Lipinski definition) is 2. The van der Waals surface area contributed by atoms with Crippen LogP contribution in [0.2, 0.25) is 0 Å². The van der Waals surface area contributed by atoms with E-state index >= 15 is 0 Å². The molecule has 1 rings (SSSR count). The zero-order valence-corrected chi connectivity index (χ0v) is 12.4. The Hall–Kier alpha value is -1.35. The molecule has 19 heavy (non-hydrogen) atoms. The van der Waals surface area contributed by atoms with Crippen LogP contribution in [-0.2, 0) is 4.79 Å². The molecule has 0 aliphatic rings. The standard InChI is InChI=1S/C16H26N2O/c1-12(13-8-6-5-7-9-13)18-15(19)10-14(17)11-16(2,3)4/h5-9,12,14H,10-11,17H2,1-4H3,(H,18,19)/t12-,14?/m0/s1. The Kier molecular flexibility index (Phi) is 5.55. The van der Waals surface area contributed by atoms with Crippen molar-refractivity contribution < 1.29 is 4.79 Å². The number of nitrogens with two attached hydrogens (primary N) is 1. The van der Waals surface area contributed by atoms with E-state index in [0.29, 0.717) is 6.42 Å². The number of carbonyl (C=O) groups excluding carboxylic acids is 1. The number of rotatable bonds is 5. The molecule has 0 fully saturated rings. The summed E-state index contributed by atoms with van der Waals surface area (Å²) >= 11 is 0. The van der Waals surface area contributed by atoms with Gasteiger partial charge in [-0.15, -0.1) is 0 Å². The van der Waals surface area contributed by atoms with Crippen LogP contribution in [0.3, 0.4) is 0 Å². The van der Waals surface area contributed by atoms with Gasteiger partial charge in [0.05, 0.1) is 6.04 Å². The van der Waals surface area contributed by atoms with E-state index in [1.54, 1.807) is 0 Å². The van der Waals surface area contributed by atoms with E-state index in [1.165, 1.54) is 0 Å². The van der Waals surface area contributed by atoms with Gasteiger partial charge in [0.25, 0.3) is 0 Å². The van der Waals surface area contributed by atoms with Crippen LogP contribution < -0.4 is 11.1 Å². The fraction of sp³-hybridized carbons (Fsp3) is 0.562. The van der Waals surface area contributed by atoms with Gasteiger partial charge in [-0.3, -0.25) is 4.79 Å². The summed E-state index contributed by atoms with van der Waals surface area (Å²) < 4.78 is 0. The molecule has 0 saturated carbocycles. The van der Waals surface area contributed by atoms with Crippen LogP contribution in [0.4, 0.5) is 0 Å². The van der Waals surface area contributed by atoms with Crippen molar-refractivity contribution in [1.29, 1.82) is 0 Å². The highest BCUT2D eigenvalue weighted by Gasteiger charge is 2.19. The van der Waals surface area contributed by atoms with Gasteiger partial charge in [-0.1, -0.05) is 51.1 Å². The average Bonchev–Trinajstić information content (AvgIpc) is 2.27. The zero-order chi connectivity index (χ0) is 14.5. The van der Waals surface area contributed by atoms with Crippen LogP contribution in [0.15, 0.2) is 30.3 Å². The maximum Gasteiger partial charge on any atom is 0.222 e. The second-order valence-electron chi connectivity index (χ2n) is 6.43. The molecular formula is C16H26N2O. The lowest BCUT2D eigenvalue weighted by Gasteiger charge is -2.23. The van der Waals surface area contributed by atoms with Crippen LogP contribution in [0.5, 0.6) is 0 Å². The normalized spacial score (nSPS) is 14.8. The van der Waals surface area contributed by atoms with E-state index in [9.17, 15) is 4.79 Å². The molecule has 1 amide bonds. The maximum atomic E-state index is 11.9. The lowest BCUT2D eigenvalue weighted by molar-refractivity contribution is -0.122. The van der Waals surface area contributed by atoms with Gasteiger partial charge in [0.1, 0.15) is 0 Å². The highest BCUT2D eigenvalue weighted by atomic mass is 16.1. The van der Waals surface area contributed by atoms with Gasteiger partial charge in [0.15, 0.2) is 0 Å². The number of benzene rings is 1. The molecule has 3 heteroatoms. The fourth-order valence-corrected chi connectivity index (χ4v) is 2.22. The highest BCUT2D eigenvalue weighted by molar-refractivity contribution is 5.77. The van der Waals surface area contributed by atoms with Crippen molar-refractivity contribution in [2.24, 2.45) is 11.1 Å². The lowest BCUT2D eigenvalue weighted by atomic mass is 9.87. The summed E-state index contributed by atoms with van der Waals surface area (Å²) in [5.41, 5.74) is 7.28. The van der Waals surface area contributed by atoms with Crippen molar-refractivity contribution in [2.75, 3.05) is 0 Å². The molecular weight excluding hydrogens is 236 g/mol. The molecule has 0 bridgehead atoms. The third kappa shape index (κ3) is 6.39. The topological polar surface area (TPSA) is 55.1 Å². The molecule has 106 valence electrons. The van der Waals surface area contributed by atoms with Gasteiger partial charge in [-0.05, 0) is 24.3 Å². The molecule has 0 saturated heterocycles. The first-order chi connectivity index (χ1) is 8.78. The molecule has 0 spiro atoms. The van der Waals surface area contributed by atoms with Crippen molar-refractivity contribution in [2.45, 2.75) is 52.6 Å². The summed E-state index contributed by atoms with van der Waals surface area (Å²) in [4.78, 5) is 11.9. The van der Waals surface area contributed by atoms with E-state index in [4.69, 9.17) is 5.73 Å². The zero-order valence-electron chi connectivity index (χ0n) is 12.4. The predicted molar refractivity (Wildman–Crippen MR) is 79.7 cm³/mol. The summed E-state index contributed by atoms with van der Waals surface area (Å²) in [6.07, 6.45) is 1.23. The number of amides is 1. The largest absolute Gasteiger partial charge is 0.350 e. The summed E-state index contributed by atoms with van der Waals surface area (Å²) in [6.45, 7) is 8.40. The minimum Gasteiger partial charge on any atom is -0.350 e. The number of nitrogens with one attached hydrogen (secondary N) is 1. The Morgan fingerprint density at radius 1 is 1.26 bits per heavy atom. The molecule has 0 aliphatic carbocycles. The average molecular weight is 262 g/mol.